The van der Waals surface area contributed by atoms with Gasteiger partial charge in [-0.2, -0.15) is 0 Å². The Bertz CT molecular complexity index is 18.8. The summed E-state index contributed by atoms with van der Waals surface area (Å²) in [4.78, 5) is 0. The largest absolute Gasteiger partial charge is 0.0845 e. The van der Waals surface area contributed by atoms with Crippen LogP contribution in [0.15, 0.2) is 6.08 Å². The van der Waals surface area contributed by atoms with Gasteiger partial charge < -0.3 is 0 Å². The van der Waals surface area contributed by atoms with Gasteiger partial charge in [0.05, 0.1) is 0 Å². The van der Waals surface area contributed by atoms with Gasteiger partial charge in [-0.25, -0.2) is 0 Å². The molecule has 0 aliphatic rings. The molecule has 0 rings (SSSR count). The van der Waals surface area contributed by atoms with Gasteiger partial charge in [0.1, 0.15) is 0 Å². The Balaban J connectivity index is 0. The summed E-state index contributed by atoms with van der Waals surface area (Å²) in [6.45, 7) is 3.82. The summed E-state index contributed by atoms with van der Waals surface area (Å²) < 4.78 is 0. The number of hydrogen-bond acceptors (Lipinski definition) is 0. The minimum absolute atomic E-state index is 0. The van der Waals surface area contributed by atoms with E-state index in [1.807, 2.05) is 19.9 Å². The fourth-order valence-corrected chi connectivity index (χ4v) is 0. The molecule has 0 spiro atoms. The number of allylic oxidation sites excluding steroid dienone is 2. The van der Waals surface area contributed by atoms with E-state index in [4.69, 9.17) is 0 Å². The maximum atomic E-state index is 2.81. The molecule has 0 amide bonds. The van der Waals surface area contributed by atoms with Crippen molar-refractivity contribution in [2.45, 2.75) is 13.8 Å². The van der Waals surface area contributed by atoms with Gasteiger partial charge in [-0.3, -0.25) is 0 Å². The smallest absolute Gasteiger partial charge is 0 e. The first-order valence-electron chi connectivity index (χ1n) is 1.37. The molecule has 0 aliphatic heterocycles. The maximum absolute atomic E-state index is 2.81. The van der Waals surface area contributed by atoms with E-state index in [2.05, 4.69) is 6.08 Å². The van der Waals surface area contributed by atoms with Crippen molar-refractivity contribution in [2.75, 3.05) is 0 Å². The van der Waals surface area contributed by atoms with Gasteiger partial charge in [-0.1, -0.05) is 12.2 Å². The zero-order chi connectivity index (χ0) is 3.41. The molecular formula is C4H7Ag. The Hall–Kier alpha value is 0.480. The molecule has 0 bridgehead atoms. The molecule has 1 heteroatoms. The molecule has 5 heavy (non-hydrogen) atoms. The summed E-state index contributed by atoms with van der Waals surface area (Å²) in [5.74, 6) is 0. The average molecular weight is 163 g/mol. The van der Waals surface area contributed by atoms with E-state index in [1.165, 1.54) is 0 Å². The van der Waals surface area contributed by atoms with Crippen molar-refractivity contribution < 1.29 is 22.4 Å². The second kappa shape index (κ2) is 8.82. The molecule has 0 heterocycles. The number of hydrogen-bond donors (Lipinski definition) is 0. The van der Waals surface area contributed by atoms with E-state index < -0.39 is 0 Å². The molecule has 0 atom stereocenters. The van der Waals surface area contributed by atoms with E-state index in [0.29, 0.717) is 0 Å². The van der Waals surface area contributed by atoms with Crippen molar-refractivity contribution >= 4 is 0 Å². The minimum Gasteiger partial charge on any atom is -0.0845 e. The maximum Gasteiger partial charge on any atom is 0 e. The van der Waals surface area contributed by atoms with Crippen LogP contribution in [0.25, 0.3) is 0 Å². The molecule has 0 fully saturated rings. The Kier molecular flexibility index (Phi) is 16.0. The van der Waals surface area contributed by atoms with E-state index in [-0.39, 0.29) is 22.4 Å². The fraction of sp³-hybridized carbons (Fsp3) is 0.500. The Labute approximate surface area is 48.8 Å². The third-order valence-electron chi connectivity index (χ3n) is 0.289. The standard InChI is InChI=1S/C4H7.Ag/c1-3-4-2;/h3H,1-2H3;. The molecule has 0 aromatic carbocycles. The molecular weight excluding hydrogens is 156 g/mol. The van der Waals surface area contributed by atoms with E-state index >= 15 is 0 Å². The molecule has 0 aromatic heterocycles. The quantitative estimate of drug-likeness (QED) is 0.473. The van der Waals surface area contributed by atoms with E-state index in [0.717, 1.165) is 0 Å². The monoisotopic (exact) mass is 162 g/mol. The molecule has 0 nitrogen and oxygen atoms in total. The van der Waals surface area contributed by atoms with Gasteiger partial charge in [0.2, 0.25) is 0 Å². The predicted octanol–water partition coefficient (Wildman–Crippen LogP) is 1.38. The van der Waals surface area contributed by atoms with Crippen LogP contribution >= 0.6 is 0 Å². The summed E-state index contributed by atoms with van der Waals surface area (Å²) in [6.07, 6.45) is 4.68. The SMILES string of the molecule is C[C]=CC.[Ag]. The molecule has 2 radical (unpaired) electrons. The van der Waals surface area contributed by atoms with Crippen molar-refractivity contribution in [2.24, 2.45) is 0 Å². The molecule has 0 saturated carbocycles. The van der Waals surface area contributed by atoms with Crippen LogP contribution in [0.2, 0.25) is 0 Å². The molecule has 34 valence electrons. The summed E-state index contributed by atoms with van der Waals surface area (Å²) in [5, 5.41) is 0. The topological polar surface area (TPSA) is 0 Å². The predicted molar refractivity (Wildman–Crippen MR) is 19.2 cm³/mol. The van der Waals surface area contributed by atoms with Gasteiger partial charge in [-0.05, 0) is 13.8 Å². The summed E-state index contributed by atoms with van der Waals surface area (Å²) in [7, 11) is 0. The van der Waals surface area contributed by atoms with Gasteiger partial charge in [-0.15, -0.1) is 0 Å². The van der Waals surface area contributed by atoms with Gasteiger partial charge in [0.15, 0.2) is 0 Å². The van der Waals surface area contributed by atoms with E-state index in [9.17, 15) is 0 Å². The van der Waals surface area contributed by atoms with Crippen LogP contribution in [0.4, 0.5) is 0 Å². The molecule has 0 unspecified atom stereocenters. The zero-order valence-corrected chi connectivity index (χ0v) is 4.86. The normalized spacial score (nSPS) is 7.60. The molecule has 0 saturated heterocycles. The summed E-state index contributed by atoms with van der Waals surface area (Å²) >= 11 is 0. The Morgan fingerprint density at radius 3 is 1.80 bits per heavy atom. The van der Waals surface area contributed by atoms with Crippen LogP contribution in [-0.4, -0.2) is 0 Å². The Morgan fingerprint density at radius 1 is 1.60 bits per heavy atom. The first kappa shape index (κ1) is 9.08. The van der Waals surface area contributed by atoms with Crippen LogP contribution in [0.1, 0.15) is 13.8 Å². The average Bonchev–Trinajstić information content (AvgIpc) is 1.37. The summed E-state index contributed by atoms with van der Waals surface area (Å²) in [6, 6.07) is 0. The van der Waals surface area contributed by atoms with Crippen molar-refractivity contribution in [3.8, 4) is 0 Å². The van der Waals surface area contributed by atoms with Crippen LogP contribution in [-0.2, 0) is 22.4 Å². The number of rotatable bonds is 0. The van der Waals surface area contributed by atoms with Crippen molar-refractivity contribution in [3.63, 3.8) is 0 Å². The first-order valence-corrected chi connectivity index (χ1v) is 1.37. The second-order valence-corrected chi connectivity index (χ2v) is 0.577. The minimum atomic E-state index is 0. The van der Waals surface area contributed by atoms with Crippen LogP contribution in [0.5, 0.6) is 0 Å². The third kappa shape index (κ3) is 12.6. The van der Waals surface area contributed by atoms with Crippen molar-refractivity contribution in [1.29, 1.82) is 0 Å². The van der Waals surface area contributed by atoms with Crippen LogP contribution in [0.3, 0.4) is 0 Å². The summed E-state index contributed by atoms with van der Waals surface area (Å²) in [5.41, 5.74) is 0. The second-order valence-electron chi connectivity index (χ2n) is 0.577. The van der Waals surface area contributed by atoms with Crippen molar-refractivity contribution in [3.05, 3.63) is 12.2 Å². The third-order valence-corrected chi connectivity index (χ3v) is 0.289. The molecule has 0 aromatic rings. The van der Waals surface area contributed by atoms with Crippen molar-refractivity contribution in [1.82, 2.24) is 0 Å². The first-order chi connectivity index (χ1) is 1.91. The molecule has 0 aliphatic carbocycles. The van der Waals surface area contributed by atoms with Gasteiger partial charge >= 0.3 is 0 Å². The van der Waals surface area contributed by atoms with Gasteiger partial charge in [0, 0.05) is 22.4 Å². The zero-order valence-electron chi connectivity index (χ0n) is 3.38. The van der Waals surface area contributed by atoms with Crippen LogP contribution in [0, 0.1) is 6.08 Å². The van der Waals surface area contributed by atoms with Crippen LogP contribution < -0.4 is 0 Å². The van der Waals surface area contributed by atoms with E-state index in [1.54, 1.807) is 0 Å². The van der Waals surface area contributed by atoms with Gasteiger partial charge in [0.25, 0.3) is 0 Å². The fourth-order valence-electron chi connectivity index (χ4n) is 0. The Morgan fingerprint density at radius 2 is 1.80 bits per heavy atom. The molecule has 0 N–H and O–H groups in total.